The highest BCUT2D eigenvalue weighted by Gasteiger charge is 2.15. The van der Waals surface area contributed by atoms with Crippen LogP contribution in [0.3, 0.4) is 0 Å². The Kier molecular flexibility index (Phi) is 4.80. The summed E-state index contributed by atoms with van der Waals surface area (Å²) >= 11 is 13.3. The van der Waals surface area contributed by atoms with Gasteiger partial charge in [-0.25, -0.2) is 0 Å². The summed E-state index contributed by atoms with van der Waals surface area (Å²) in [6.07, 6.45) is 0. The Labute approximate surface area is 130 Å². The average molecular weight is 331 g/mol. The lowest BCUT2D eigenvalue weighted by Crippen LogP contribution is -2.12. The number of aryl methyl sites for hydroxylation is 1. The van der Waals surface area contributed by atoms with E-state index in [-0.39, 0.29) is 10.9 Å². The molecule has 1 aromatic carbocycles. The fourth-order valence-corrected chi connectivity index (χ4v) is 2.59. The predicted molar refractivity (Wildman–Crippen MR) is 83.2 cm³/mol. The number of hydrogen-bond acceptors (Lipinski definition) is 5. The van der Waals surface area contributed by atoms with Crippen molar-refractivity contribution < 1.29 is 4.79 Å². The molecule has 0 spiro atoms. The van der Waals surface area contributed by atoms with Crippen LogP contribution in [0.1, 0.15) is 22.3 Å². The van der Waals surface area contributed by atoms with Gasteiger partial charge in [0.05, 0.1) is 10.7 Å². The molecule has 0 aliphatic heterocycles. The highest BCUT2D eigenvalue weighted by Crippen LogP contribution is 2.29. The molecule has 1 aromatic heterocycles. The van der Waals surface area contributed by atoms with Gasteiger partial charge in [-0.1, -0.05) is 34.5 Å². The molecular formula is C12H12Cl2N4OS. The van der Waals surface area contributed by atoms with Crippen molar-refractivity contribution in [2.45, 2.75) is 13.8 Å². The summed E-state index contributed by atoms with van der Waals surface area (Å²) in [7, 11) is 0. The summed E-state index contributed by atoms with van der Waals surface area (Å²) in [6.45, 7) is 4.50. The number of anilines is 2. The molecule has 2 N–H and O–H groups in total. The number of hydrogen-bond donors (Lipinski definition) is 2. The van der Waals surface area contributed by atoms with Gasteiger partial charge in [-0.05, 0) is 31.5 Å². The third kappa shape index (κ3) is 3.39. The topological polar surface area (TPSA) is 66.9 Å². The molecule has 0 bridgehead atoms. The quantitative estimate of drug-likeness (QED) is 0.893. The predicted octanol–water partition coefficient (Wildman–Crippen LogP) is 3.84. The monoisotopic (exact) mass is 330 g/mol. The van der Waals surface area contributed by atoms with E-state index in [0.29, 0.717) is 20.9 Å². The van der Waals surface area contributed by atoms with E-state index in [1.54, 1.807) is 12.1 Å². The summed E-state index contributed by atoms with van der Waals surface area (Å²) in [5.41, 5.74) is 1.30. The van der Waals surface area contributed by atoms with Crippen LogP contribution in [0.2, 0.25) is 10.0 Å². The minimum Gasteiger partial charge on any atom is -0.360 e. The molecule has 0 atom stereocenters. The summed E-state index contributed by atoms with van der Waals surface area (Å²) in [5.74, 6) is -0.367. The minimum atomic E-state index is -0.367. The molecule has 0 saturated carbocycles. The van der Waals surface area contributed by atoms with Gasteiger partial charge in [-0.3, -0.25) is 4.79 Å². The van der Waals surface area contributed by atoms with Gasteiger partial charge in [-0.15, -0.1) is 10.2 Å². The first-order chi connectivity index (χ1) is 9.51. The van der Waals surface area contributed by atoms with Crippen molar-refractivity contribution >= 4 is 51.3 Å². The smallest absolute Gasteiger partial charge is 0.286 e. The third-order valence-corrected chi connectivity index (χ3v) is 4.04. The van der Waals surface area contributed by atoms with Crippen LogP contribution in [0.25, 0.3) is 0 Å². The average Bonchev–Trinajstić information content (AvgIpc) is 2.85. The van der Waals surface area contributed by atoms with Crippen LogP contribution in [0.5, 0.6) is 0 Å². The molecule has 1 amide bonds. The van der Waals surface area contributed by atoms with Crippen LogP contribution in [0.4, 0.5) is 10.8 Å². The maximum atomic E-state index is 12.0. The lowest BCUT2D eigenvalue weighted by Gasteiger charge is -2.07. The number of rotatable bonds is 4. The van der Waals surface area contributed by atoms with E-state index in [2.05, 4.69) is 20.8 Å². The molecule has 20 heavy (non-hydrogen) atoms. The van der Waals surface area contributed by atoms with Gasteiger partial charge in [-0.2, -0.15) is 0 Å². The van der Waals surface area contributed by atoms with E-state index in [1.165, 1.54) is 11.3 Å². The fraction of sp³-hybridized carbons (Fsp3) is 0.250. The molecule has 5 nitrogen and oxygen atoms in total. The maximum absolute atomic E-state index is 12.0. The molecule has 0 unspecified atom stereocenters. The Morgan fingerprint density at radius 1 is 1.30 bits per heavy atom. The molecule has 0 aliphatic carbocycles. The number of carbonyl (C=O) groups excluding carboxylic acids is 1. The van der Waals surface area contributed by atoms with Gasteiger partial charge in [0.1, 0.15) is 0 Å². The van der Waals surface area contributed by atoms with Crippen molar-refractivity contribution in [3.8, 4) is 0 Å². The number of nitrogens with one attached hydrogen (secondary N) is 2. The zero-order valence-electron chi connectivity index (χ0n) is 10.8. The van der Waals surface area contributed by atoms with Gasteiger partial charge in [0.15, 0.2) is 0 Å². The molecule has 1 heterocycles. The second-order valence-electron chi connectivity index (χ2n) is 3.98. The fourth-order valence-electron chi connectivity index (χ4n) is 1.46. The number of amides is 1. The molecule has 2 rings (SSSR count). The van der Waals surface area contributed by atoms with E-state index >= 15 is 0 Å². The van der Waals surface area contributed by atoms with Crippen LogP contribution >= 0.6 is 34.5 Å². The van der Waals surface area contributed by atoms with E-state index in [9.17, 15) is 4.79 Å². The lowest BCUT2D eigenvalue weighted by atomic mass is 10.2. The van der Waals surface area contributed by atoms with E-state index in [4.69, 9.17) is 23.2 Å². The number of nitrogens with zero attached hydrogens (tertiary/aromatic N) is 2. The summed E-state index contributed by atoms with van der Waals surface area (Å²) in [5, 5.41) is 15.2. The zero-order chi connectivity index (χ0) is 14.7. The first-order valence-corrected chi connectivity index (χ1v) is 7.43. The van der Waals surface area contributed by atoms with E-state index < -0.39 is 0 Å². The Morgan fingerprint density at radius 2 is 2.05 bits per heavy atom. The molecule has 2 aromatic rings. The molecule has 0 fully saturated rings. The van der Waals surface area contributed by atoms with Crippen molar-refractivity contribution in [2.75, 3.05) is 17.2 Å². The Morgan fingerprint density at radius 3 is 2.75 bits per heavy atom. The summed E-state index contributed by atoms with van der Waals surface area (Å²) in [6, 6.07) is 3.31. The standard InChI is InChI=1S/C12H12Cl2N4OS/c1-3-15-12-18-17-11(20-12)10(19)16-9-5-7(13)6(2)4-8(9)14/h4-5H,3H2,1-2H3,(H,15,18)(H,16,19). The van der Waals surface area contributed by atoms with Crippen molar-refractivity contribution in [2.24, 2.45) is 0 Å². The second-order valence-corrected chi connectivity index (χ2v) is 5.77. The van der Waals surface area contributed by atoms with Crippen molar-refractivity contribution in [3.05, 3.63) is 32.7 Å². The van der Waals surface area contributed by atoms with Crippen LogP contribution in [0.15, 0.2) is 12.1 Å². The molecule has 0 aliphatic rings. The molecule has 0 saturated heterocycles. The van der Waals surface area contributed by atoms with E-state index in [1.807, 2.05) is 13.8 Å². The van der Waals surface area contributed by atoms with Gasteiger partial charge >= 0.3 is 0 Å². The number of benzene rings is 1. The van der Waals surface area contributed by atoms with Crippen molar-refractivity contribution in [1.82, 2.24) is 10.2 Å². The largest absolute Gasteiger partial charge is 0.360 e. The third-order valence-electron chi connectivity index (χ3n) is 2.44. The molecule has 8 heteroatoms. The van der Waals surface area contributed by atoms with Crippen LogP contribution in [0, 0.1) is 6.92 Å². The van der Waals surface area contributed by atoms with E-state index in [0.717, 1.165) is 12.1 Å². The number of carbonyl (C=O) groups is 1. The molecule has 106 valence electrons. The van der Waals surface area contributed by atoms with Gasteiger partial charge < -0.3 is 10.6 Å². The zero-order valence-corrected chi connectivity index (χ0v) is 13.2. The Hall–Kier alpha value is -1.37. The Balaban J connectivity index is 2.16. The highest BCUT2D eigenvalue weighted by molar-refractivity contribution is 7.17. The first-order valence-electron chi connectivity index (χ1n) is 5.85. The van der Waals surface area contributed by atoms with Crippen LogP contribution < -0.4 is 10.6 Å². The van der Waals surface area contributed by atoms with Crippen molar-refractivity contribution in [3.63, 3.8) is 0 Å². The summed E-state index contributed by atoms with van der Waals surface area (Å²) < 4.78 is 0. The number of aromatic nitrogens is 2. The highest BCUT2D eigenvalue weighted by atomic mass is 35.5. The normalized spacial score (nSPS) is 10.4. The van der Waals surface area contributed by atoms with Crippen molar-refractivity contribution in [1.29, 1.82) is 0 Å². The summed E-state index contributed by atoms with van der Waals surface area (Å²) in [4.78, 5) is 12.0. The van der Waals surface area contributed by atoms with Gasteiger partial charge in [0.2, 0.25) is 10.1 Å². The van der Waals surface area contributed by atoms with Gasteiger partial charge in [0, 0.05) is 11.6 Å². The minimum absolute atomic E-state index is 0.258. The number of halogens is 2. The SMILES string of the molecule is CCNc1nnc(C(=O)Nc2cc(Cl)c(C)cc2Cl)s1. The molecular weight excluding hydrogens is 319 g/mol. The Bertz CT molecular complexity index is 644. The second kappa shape index (κ2) is 6.39. The van der Waals surface area contributed by atoms with Crippen LogP contribution in [-0.4, -0.2) is 22.6 Å². The lowest BCUT2D eigenvalue weighted by molar-refractivity contribution is 0.102. The molecule has 0 radical (unpaired) electrons. The first kappa shape index (κ1) is 15.0. The van der Waals surface area contributed by atoms with Crippen LogP contribution in [-0.2, 0) is 0 Å². The maximum Gasteiger partial charge on any atom is 0.286 e. The van der Waals surface area contributed by atoms with Gasteiger partial charge in [0.25, 0.3) is 5.91 Å².